The Hall–Kier alpha value is -3.39. The Morgan fingerprint density at radius 2 is 1.75 bits per heavy atom. The zero-order valence-electron chi connectivity index (χ0n) is 14.7. The van der Waals surface area contributed by atoms with E-state index in [2.05, 4.69) is 4.72 Å². The van der Waals surface area contributed by atoms with E-state index in [1.807, 2.05) is 0 Å². The molecule has 2 N–H and O–H groups in total. The maximum absolute atomic E-state index is 13.4. The number of anilines is 1. The number of benzene rings is 3. The Balaban J connectivity index is 1.93. The number of methoxy groups -OCH3 is 1. The molecule has 3 aromatic rings. The van der Waals surface area contributed by atoms with Crippen LogP contribution in [-0.4, -0.2) is 26.6 Å². The first-order valence-corrected chi connectivity index (χ1v) is 9.58. The fourth-order valence-corrected chi connectivity index (χ4v) is 3.73. The molecule has 0 radical (unpaired) electrons. The van der Waals surface area contributed by atoms with Crippen LogP contribution in [0.1, 0.15) is 10.4 Å². The standard InChI is InChI=1S/C20H16FNO5S/c1-27-19-12-15(21)7-10-18(19)14-3-2-4-17(11-14)28(25,26)22-16-8-5-13(6-9-16)20(23)24/h2-12,22H,1H3,(H,23,24). The van der Waals surface area contributed by atoms with E-state index in [1.54, 1.807) is 12.1 Å². The smallest absolute Gasteiger partial charge is 0.335 e. The van der Waals surface area contributed by atoms with Crippen molar-refractivity contribution in [3.05, 3.63) is 78.1 Å². The average molecular weight is 401 g/mol. The molecule has 0 aliphatic carbocycles. The maximum atomic E-state index is 13.4. The second kappa shape index (κ2) is 7.69. The van der Waals surface area contributed by atoms with Gasteiger partial charge >= 0.3 is 5.97 Å². The van der Waals surface area contributed by atoms with Crippen molar-refractivity contribution in [2.24, 2.45) is 0 Å². The van der Waals surface area contributed by atoms with Crippen molar-refractivity contribution in [1.29, 1.82) is 0 Å². The zero-order chi connectivity index (χ0) is 20.3. The summed E-state index contributed by atoms with van der Waals surface area (Å²) in [5.74, 6) is -1.28. The summed E-state index contributed by atoms with van der Waals surface area (Å²) in [6.45, 7) is 0. The topological polar surface area (TPSA) is 92.7 Å². The van der Waals surface area contributed by atoms with Gasteiger partial charge in [0, 0.05) is 17.3 Å². The van der Waals surface area contributed by atoms with Crippen molar-refractivity contribution >= 4 is 21.7 Å². The predicted octanol–water partition coefficient (Wildman–Crippen LogP) is 4.00. The summed E-state index contributed by atoms with van der Waals surface area (Å²) >= 11 is 0. The first kappa shape index (κ1) is 19.4. The third kappa shape index (κ3) is 4.12. The Morgan fingerprint density at radius 1 is 1.04 bits per heavy atom. The zero-order valence-corrected chi connectivity index (χ0v) is 15.5. The number of carbonyl (C=O) groups is 1. The number of hydrogen-bond acceptors (Lipinski definition) is 4. The van der Waals surface area contributed by atoms with Gasteiger partial charge in [0.25, 0.3) is 10.0 Å². The molecule has 144 valence electrons. The Labute approximate surface area is 161 Å². The molecule has 0 saturated carbocycles. The minimum Gasteiger partial charge on any atom is -0.496 e. The van der Waals surface area contributed by atoms with E-state index in [1.165, 1.54) is 61.7 Å². The van der Waals surface area contributed by atoms with E-state index in [9.17, 15) is 17.6 Å². The van der Waals surface area contributed by atoms with Crippen LogP contribution < -0.4 is 9.46 Å². The van der Waals surface area contributed by atoms with Crippen LogP contribution in [-0.2, 0) is 10.0 Å². The van der Waals surface area contributed by atoms with Gasteiger partial charge in [0.15, 0.2) is 0 Å². The van der Waals surface area contributed by atoms with Gasteiger partial charge in [-0.3, -0.25) is 4.72 Å². The summed E-state index contributed by atoms with van der Waals surface area (Å²) in [5.41, 5.74) is 1.37. The van der Waals surface area contributed by atoms with E-state index in [-0.39, 0.29) is 21.9 Å². The fraction of sp³-hybridized carbons (Fsp3) is 0.0500. The monoisotopic (exact) mass is 401 g/mol. The highest BCUT2D eigenvalue weighted by Gasteiger charge is 2.17. The summed E-state index contributed by atoms with van der Waals surface area (Å²) in [5, 5.41) is 8.91. The quantitative estimate of drug-likeness (QED) is 0.651. The molecule has 0 aliphatic rings. The molecule has 0 unspecified atom stereocenters. The van der Waals surface area contributed by atoms with Crippen LogP contribution in [0.15, 0.2) is 71.6 Å². The minimum atomic E-state index is -3.92. The van der Waals surface area contributed by atoms with Crippen LogP contribution in [0.4, 0.5) is 10.1 Å². The third-order valence-electron chi connectivity index (χ3n) is 4.00. The van der Waals surface area contributed by atoms with Crippen molar-refractivity contribution in [2.75, 3.05) is 11.8 Å². The molecule has 0 heterocycles. The van der Waals surface area contributed by atoms with Crippen molar-refractivity contribution in [3.63, 3.8) is 0 Å². The SMILES string of the molecule is COc1cc(F)ccc1-c1cccc(S(=O)(=O)Nc2ccc(C(=O)O)cc2)c1. The van der Waals surface area contributed by atoms with Gasteiger partial charge in [-0.15, -0.1) is 0 Å². The average Bonchev–Trinajstić information content (AvgIpc) is 2.68. The van der Waals surface area contributed by atoms with Gasteiger partial charge in [-0.05, 0) is 54.1 Å². The first-order valence-electron chi connectivity index (χ1n) is 8.10. The number of rotatable bonds is 6. The number of hydrogen-bond donors (Lipinski definition) is 2. The lowest BCUT2D eigenvalue weighted by Gasteiger charge is -2.12. The number of aromatic carboxylic acids is 1. The molecule has 0 spiro atoms. The predicted molar refractivity (Wildman–Crippen MR) is 103 cm³/mol. The number of nitrogens with one attached hydrogen (secondary N) is 1. The van der Waals surface area contributed by atoms with Gasteiger partial charge in [-0.1, -0.05) is 12.1 Å². The summed E-state index contributed by atoms with van der Waals surface area (Å²) in [6, 6.07) is 15.5. The number of ether oxygens (including phenoxy) is 1. The highest BCUT2D eigenvalue weighted by molar-refractivity contribution is 7.92. The molecule has 28 heavy (non-hydrogen) atoms. The van der Waals surface area contributed by atoms with E-state index in [0.717, 1.165) is 0 Å². The van der Waals surface area contributed by atoms with Gasteiger partial charge in [-0.25, -0.2) is 17.6 Å². The van der Waals surface area contributed by atoms with E-state index in [0.29, 0.717) is 11.1 Å². The molecule has 0 aromatic heterocycles. The van der Waals surface area contributed by atoms with Crippen LogP contribution in [0.2, 0.25) is 0 Å². The van der Waals surface area contributed by atoms with Crippen LogP contribution >= 0.6 is 0 Å². The normalized spacial score (nSPS) is 11.1. The lowest BCUT2D eigenvalue weighted by molar-refractivity contribution is 0.0697. The van der Waals surface area contributed by atoms with Gasteiger partial charge in [0.05, 0.1) is 17.6 Å². The lowest BCUT2D eigenvalue weighted by Crippen LogP contribution is -2.13. The first-order chi connectivity index (χ1) is 13.3. The van der Waals surface area contributed by atoms with Crippen LogP contribution in [0, 0.1) is 5.82 Å². The lowest BCUT2D eigenvalue weighted by atomic mass is 10.0. The van der Waals surface area contributed by atoms with Crippen molar-refractivity contribution in [1.82, 2.24) is 0 Å². The highest BCUT2D eigenvalue weighted by Crippen LogP contribution is 2.32. The highest BCUT2D eigenvalue weighted by atomic mass is 32.2. The van der Waals surface area contributed by atoms with Crippen molar-refractivity contribution in [2.45, 2.75) is 4.90 Å². The Kier molecular flexibility index (Phi) is 5.32. The van der Waals surface area contributed by atoms with Crippen LogP contribution in [0.3, 0.4) is 0 Å². The van der Waals surface area contributed by atoms with Crippen LogP contribution in [0.25, 0.3) is 11.1 Å². The molecule has 0 aliphatic heterocycles. The summed E-state index contributed by atoms with van der Waals surface area (Å²) < 4.78 is 46.4. The van der Waals surface area contributed by atoms with Crippen molar-refractivity contribution < 1.29 is 27.4 Å². The summed E-state index contributed by atoms with van der Waals surface area (Å²) in [6.07, 6.45) is 0. The molecular weight excluding hydrogens is 385 g/mol. The molecule has 0 atom stereocenters. The van der Waals surface area contributed by atoms with Gasteiger partial charge in [0.1, 0.15) is 11.6 Å². The second-order valence-corrected chi connectivity index (χ2v) is 7.54. The molecule has 3 aromatic carbocycles. The molecule has 0 bridgehead atoms. The summed E-state index contributed by atoms with van der Waals surface area (Å²) in [7, 11) is -2.51. The number of sulfonamides is 1. The molecular formula is C20H16FNO5S. The van der Waals surface area contributed by atoms with Crippen molar-refractivity contribution in [3.8, 4) is 16.9 Å². The Bertz CT molecular complexity index is 1130. The largest absolute Gasteiger partial charge is 0.496 e. The van der Waals surface area contributed by atoms with E-state index in [4.69, 9.17) is 9.84 Å². The number of carboxylic acid groups (broad SMARTS) is 1. The molecule has 6 nitrogen and oxygen atoms in total. The number of carboxylic acids is 1. The molecule has 0 fully saturated rings. The van der Waals surface area contributed by atoms with E-state index < -0.39 is 21.8 Å². The molecule has 0 saturated heterocycles. The molecule has 0 amide bonds. The van der Waals surface area contributed by atoms with Gasteiger partial charge < -0.3 is 9.84 Å². The Morgan fingerprint density at radius 3 is 2.39 bits per heavy atom. The van der Waals surface area contributed by atoms with E-state index >= 15 is 0 Å². The molecule has 8 heteroatoms. The van der Waals surface area contributed by atoms with Gasteiger partial charge in [0.2, 0.25) is 0 Å². The third-order valence-corrected chi connectivity index (χ3v) is 5.38. The van der Waals surface area contributed by atoms with Crippen LogP contribution in [0.5, 0.6) is 5.75 Å². The molecule has 3 rings (SSSR count). The minimum absolute atomic E-state index is 0.00121. The van der Waals surface area contributed by atoms with Gasteiger partial charge in [-0.2, -0.15) is 0 Å². The fourth-order valence-electron chi connectivity index (χ4n) is 2.63. The summed E-state index contributed by atoms with van der Waals surface area (Å²) in [4.78, 5) is 10.9. The number of halogens is 1. The second-order valence-electron chi connectivity index (χ2n) is 5.86. The maximum Gasteiger partial charge on any atom is 0.335 e.